The average Bonchev–Trinajstić information content (AvgIpc) is 3.79. The van der Waals surface area contributed by atoms with Gasteiger partial charge in [0.1, 0.15) is 11.6 Å². The molecule has 3 fully saturated rings. The molecule has 0 saturated carbocycles. The number of halogens is 2. The Morgan fingerprint density at radius 3 is 2.38 bits per heavy atom. The number of nitrogens with one attached hydrogen (secondary N) is 2. The van der Waals surface area contributed by atoms with Gasteiger partial charge in [0.2, 0.25) is 23.6 Å². The third-order valence-electron chi connectivity index (χ3n) is 13.1. The summed E-state index contributed by atoms with van der Waals surface area (Å²) < 4.78 is 46.5. The molecule has 3 aromatic heterocycles. The van der Waals surface area contributed by atoms with Crippen LogP contribution in [0.2, 0.25) is 0 Å². The molecule has 17 heteroatoms. The molecule has 4 aliphatic rings. The van der Waals surface area contributed by atoms with Gasteiger partial charge in [-0.25, -0.2) is 18.4 Å². The second kappa shape index (κ2) is 17.7. The maximum absolute atomic E-state index is 15.4. The van der Waals surface area contributed by atoms with E-state index in [-0.39, 0.29) is 30.2 Å². The maximum atomic E-state index is 15.4. The number of piperazine rings is 1. The molecular weight excluding hydrogens is 811 g/mol. The largest absolute Gasteiger partial charge is 0.477 e. The van der Waals surface area contributed by atoms with Crippen molar-refractivity contribution in [2.75, 3.05) is 68.1 Å². The Hall–Kier alpha value is -5.94. The number of rotatable bonds is 6. The van der Waals surface area contributed by atoms with E-state index in [1.165, 1.54) is 12.1 Å². The molecule has 3 saturated heterocycles. The number of piperidine rings is 2. The van der Waals surface area contributed by atoms with Crippen LogP contribution in [-0.4, -0.2) is 106 Å². The predicted octanol–water partition coefficient (Wildman–Crippen LogP) is 5.94. The Kier molecular flexibility index (Phi) is 11.9. The van der Waals surface area contributed by atoms with Gasteiger partial charge >= 0.3 is 0 Å². The van der Waals surface area contributed by atoms with Crippen molar-refractivity contribution >= 4 is 46.1 Å². The molecule has 332 valence electrons. The fraction of sp³-hybridized carbons (Fsp3) is 0.478. The summed E-state index contributed by atoms with van der Waals surface area (Å²) in [4.78, 5) is 54.7. The summed E-state index contributed by atoms with van der Waals surface area (Å²) >= 11 is 0. The minimum atomic E-state index is -1.02. The normalized spacial score (nSPS) is 20.7. The molecule has 2 N–H and O–H groups in total. The number of aromatic nitrogens is 5. The minimum Gasteiger partial charge on any atom is -0.477 e. The number of benzene rings is 2. The van der Waals surface area contributed by atoms with E-state index in [0.717, 1.165) is 79.7 Å². The first-order valence-corrected chi connectivity index (χ1v) is 22.0. The summed E-state index contributed by atoms with van der Waals surface area (Å²) in [5, 5.41) is 9.77. The molecule has 0 aliphatic carbocycles. The Labute approximate surface area is 364 Å². The molecule has 2 atom stereocenters. The zero-order valence-corrected chi connectivity index (χ0v) is 36.3. The Bertz CT molecular complexity index is 2540. The molecule has 2 aromatic carbocycles. The Balaban J connectivity index is 0.910. The van der Waals surface area contributed by atoms with Gasteiger partial charge in [0.05, 0.1) is 47.6 Å². The van der Waals surface area contributed by atoms with Crippen LogP contribution in [0.15, 0.2) is 42.6 Å². The number of amides is 3. The van der Waals surface area contributed by atoms with Gasteiger partial charge in [-0.2, -0.15) is 5.10 Å². The lowest BCUT2D eigenvalue weighted by molar-refractivity contribution is -0.134. The number of ether oxygens (including phenoxy) is 2. The van der Waals surface area contributed by atoms with E-state index in [1.807, 2.05) is 18.9 Å². The maximum Gasteiger partial charge on any atom is 0.258 e. The first-order chi connectivity index (χ1) is 30.4. The summed E-state index contributed by atoms with van der Waals surface area (Å²) in [6.45, 7) is 10.1. The molecule has 15 nitrogen and oxygen atoms in total. The van der Waals surface area contributed by atoms with Crippen molar-refractivity contribution in [3.63, 3.8) is 0 Å². The molecular formula is C46H54F2N10O5. The molecule has 7 heterocycles. The summed E-state index contributed by atoms with van der Waals surface area (Å²) in [6, 6.07) is 10.8. The zero-order chi connectivity index (χ0) is 43.9. The van der Waals surface area contributed by atoms with Gasteiger partial charge < -0.3 is 23.8 Å². The number of pyridine rings is 1. The average molecular weight is 865 g/mol. The van der Waals surface area contributed by atoms with Gasteiger partial charge in [-0.05, 0) is 81.3 Å². The summed E-state index contributed by atoms with van der Waals surface area (Å²) in [7, 11) is 3.53. The number of hydrogen-bond donors (Lipinski definition) is 2. The molecule has 4 aliphatic heterocycles. The van der Waals surface area contributed by atoms with Crippen molar-refractivity contribution in [2.24, 2.45) is 13.0 Å². The van der Waals surface area contributed by atoms with E-state index in [0.29, 0.717) is 73.4 Å². The highest BCUT2D eigenvalue weighted by atomic mass is 19.1. The van der Waals surface area contributed by atoms with E-state index in [4.69, 9.17) is 19.4 Å². The van der Waals surface area contributed by atoms with E-state index < -0.39 is 29.4 Å². The SMILES string of the molecule is COCc1cc2nc3n(c2cc1N1CCC(N2CCN(c4cc(F)c([C@H]5CCC(=O)NC5=O)c(F)c4)CC2)CC1)C[C@H](C)CCCOc1c(cnn1C)-c1cc(cc(C)n1)C(=O)N3. The Morgan fingerprint density at radius 1 is 0.889 bits per heavy atom. The van der Waals surface area contributed by atoms with Crippen LogP contribution in [-0.2, 0) is 34.5 Å². The number of fused-ring (bicyclic) bond motifs is 7. The molecule has 9 rings (SSSR count). The predicted molar refractivity (Wildman–Crippen MR) is 234 cm³/mol. The van der Waals surface area contributed by atoms with Gasteiger partial charge in [0.25, 0.3) is 5.91 Å². The van der Waals surface area contributed by atoms with E-state index in [9.17, 15) is 14.4 Å². The molecule has 0 spiro atoms. The molecule has 63 heavy (non-hydrogen) atoms. The fourth-order valence-electron chi connectivity index (χ4n) is 9.81. The van der Waals surface area contributed by atoms with Crippen LogP contribution in [0.4, 0.5) is 26.1 Å². The zero-order valence-electron chi connectivity index (χ0n) is 36.3. The quantitative estimate of drug-likeness (QED) is 0.195. The van der Waals surface area contributed by atoms with Gasteiger partial charge in [-0.15, -0.1) is 0 Å². The number of imidazole rings is 1. The number of anilines is 3. The summed E-state index contributed by atoms with van der Waals surface area (Å²) in [5.41, 5.74) is 6.52. The van der Waals surface area contributed by atoms with Crippen molar-refractivity contribution in [1.82, 2.24) is 34.5 Å². The van der Waals surface area contributed by atoms with Crippen molar-refractivity contribution in [1.29, 1.82) is 0 Å². The number of carbonyl (C=O) groups excluding carboxylic acids is 3. The van der Waals surface area contributed by atoms with E-state index in [2.05, 4.69) is 49.2 Å². The highest BCUT2D eigenvalue weighted by molar-refractivity contribution is 6.05. The lowest BCUT2D eigenvalue weighted by Crippen LogP contribution is -2.53. The lowest BCUT2D eigenvalue weighted by atomic mass is 9.89. The second-order valence-corrected chi connectivity index (χ2v) is 17.4. The smallest absolute Gasteiger partial charge is 0.258 e. The standard InChI is InChI=1S/C46H54F2N10O5/c1-27-6-5-17-63-45-34(24-49-54(45)3)37-19-29(18-28(2)50-37)43(60)53-46-51-38-20-30(26-62-4)39(23-40(38)58(46)25-27)57-11-9-31(10-12-57)55-13-15-56(16-14-55)32-21-35(47)42(36(48)22-32)33-7-8-41(59)52-44(33)61/h18-24,27,31,33H,5-17,25-26H2,1-4H3,(H,51,53,60)(H,52,59,61)/t27-,33-/m1/s1. The minimum absolute atomic E-state index is 0.0505. The number of hydrogen-bond acceptors (Lipinski definition) is 11. The van der Waals surface area contributed by atoms with Crippen molar-refractivity contribution in [3.05, 3.63) is 76.6 Å². The van der Waals surface area contributed by atoms with Crippen LogP contribution in [0.5, 0.6) is 5.88 Å². The van der Waals surface area contributed by atoms with Crippen LogP contribution in [0.25, 0.3) is 22.3 Å². The van der Waals surface area contributed by atoms with Crippen LogP contribution >= 0.6 is 0 Å². The number of nitrogens with zero attached hydrogens (tertiary/aromatic N) is 8. The first kappa shape index (κ1) is 42.4. The third kappa shape index (κ3) is 8.60. The molecule has 0 radical (unpaired) electrons. The monoisotopic (exact) mass is 864 g/mol. The molecule has 5 aromatic rings. The van der Waals surface area contributed by atoms with E-state index in [1.54, 1.807) is 30.1 Å². The first-order valence-electron chi connectivity index (χ1n) is 22.0. The Morgan fingerprint density at radius 2 is 1.65 bits per heavy atom. The number of aryl methyl sites for hydroxylation is 2. The van der Waals surface area contributed by atoms with Crippen LogP contribution in [0.1, 0.15) is 78.5 Å². The topological polar surface area (TPSA) is 152 Å². The third-order valence-corrected chi connectivity index (χ3v) is 13.1. The fourth-order valence-corrected chi connectivity index (χ4v) is 9.81. The van der Waals surface area contributed by atoms with Crippen LogP contribution in [0, 0.1) is 24.5 Å². The highest BCUT2D eigenvalue weighted by Gasteiger charge is 2.34. The van der Waals surface area contributed by atoms with Crippen molar-refractivity contribution in [3.8, 4) is 17.1 Å². The van der Waals surface area contributed by atoms with Crippen molar-refractivity contribution in [2.45, 2.75) is 77.5 Å². The van der Waals surface area contributed by atoms with Crippen LogP contribution in [0.3, 0.4) is 0 Å². The van der Waals surface area contributed by atoms with E-state index >= 15 is 8.78 Å². The van der Waals surface area contributed by atoms with Gasteiger partial charge in [-0.3, -0.25) is 34.9 Å². The molecule has 0 unspecified atom stereocenters. The van der Waals surface area contributed by atoms with Crippen molar-refractivity contribution < 1.29 is 32.6 Å². The number of carbonyl (C=O) groups is 3. The summed E-state index contributed by atoms with van der Waals surface area (Å²) in [5.74, 6) is -2.56. The molecule has 3 amide bonds. The summed E-state index contributed by atoms with van der Waals surface area (Å²) in [6.07, 6.45) is 5.48. The van der Waals surface area contributed by atoms with Gasteiger partial charge in [-0.1, -0.05) is 6.92 Å². The number of imide groups is 1. The van der Waals surface area contributed by atoms with Crippen LogP contribution < -0.4 is 25.2 Å². The number of methoxy groups -OCH3 is 1. The molecule has 2 bridgehead atoms. The van der Waals surface area contributed by atoms with Gasteiger partial charge in [0.15, 0.2) is 0 Å². The highest BCUT2D eigenvalue weighted by Crippen LogP contribution is 2.36. The van der Waals surface area contributed by atoms with Gasteiger partial charge in [0, 0.05) is 106 Å². The second-order valence-electron chi connectivity index (χ2n) is 17.4. The lowest BCUT2D eigenvalue weighted by Gasteiger charge is -2.44.